The molecular weight excluding hydrogens is 490 g/mol. The predicted octanol–water partition coefficient (Wildman–Crippen LogP) is 2.10. The molecule has 3 aliphatic carbocycles. The third kappa shape index (κ3) is 3.63. The van der Waals surface area contributed by atoms with Crippen LogP contribution in [0.3, 0.4) is 0 Å². The molecule has 1 amide bonds. The zero-order chi connectivity index (χ0) is 27.5. The molecule has 0 aliphatic heterocycles. The van der Waals surface area contributed by atoms with Crippen LogP contribution in [-0.4, -0.2) is 57.6 Å². The number of phenolic OH excluding ortho intramolecular Hbond substituents is 1. The molecule has 1 fully saturated rings. The summed E-state index contributed by atoms with van der Waals surface area (Å²) in [6, 6.07) is 11.2. The molecule has 3 aliphatic rings. The quantitative estimate of drug-likeness (QED) is 0.323. The van der Waals surface area contributed by atoms with Crippen LogP contribution in [0.25, 0.3) is 5.76 Å². The molecule has 10 heteroatoms. The Kier molecular flexibility index (Phi) is 5.94. The van der Waals surface area contributed by atoms with Crippen LogP contribution in [0.1, 0.15) is 29.5 Å². The van der Waals surface area contributed by atoms with E-state index in [1.165, 1.54) is 0 Å². The molecule has 2 aromatic carbocycles. The summed E-state index contributed by atoms with van der Waals surface area (Å²) >= 11 is 0. The summed E-state index contributed by atoms with van der Waals surface area (Å²) in [5, 5.41) is 48.1. The Labute approximate surface area is 218 Å². The fraction of sp³-hybridized carbons (Fsp3) is 0.321. The number of aliphatic hydroxyl groups excluding tert-OH is 2. The van der Waals surface area contributed by atoms with Gasteiger partial charge in [-0.2, -0.15) is 0 Å². The lowest BCUT2D eigenvalue weighted by molar-refractivity contribution is -0.147. The average Bonchev–Trinajstić information content (AvgIpc) is 2.86. The molecule has 1 saturated carbocycles. The second kappa shape index (κ2) is 8.91. The van der Waals surface area contributed by atoms with E-state index in [4.69, 9.17) is 5.73 Å². The number of aromatic hydroxyl groups is 1. The van der Waals surface area contributed by atoms with Crippen molar-refractivity contribution in [3.63, 3.8) is 0 Å². The van der Waals surface area contributed by atoms with Crippen LogP contribution >= 0.6 is 0 Å². The van der Waals surface area contributed by atoms with Crippen LogP contribution in [0.5, 0.6) is 5.75 Å². The van der Waals surface area contributed by atoms with Crippen molar-refractivity contribution < 1.29 is 34.8 Å². The highest BCUT2D eigenvalue weighted by molar-refractivity contribution is 6.22. The highest BCUT2D eigenvalue weighted by atomic mass is 16.3. The number of nitrogens with two attached hydrogens (primary N) is 1. The third-order valence-corrected chi connectivity index (χ3v) is 7.86. The summed E-state index contributed by atoms with van der Waals surface area (Å²) in [4.78, 5) is 39.9. The van der Waals surface area contributed by atoms with Gasteiger partial charge in [-0.05, 0) is 42.5 Å². The fourth-order valence-electron chi connectivity index (χ4n) is 6.01. The Morgan fingerprint density at radius 2 is 1.82 bits per heavy atom. The summed E-state index contributed by atoms with van der Waals surface area (Å²) in [7, 11) is 3.66. The largest absolute Gasteiger partial charge is 0.508 e. The minimum atomic E-state index is -2.58. The lowest BCUT2D eigenvalue weighted by Crippen LogP contribution is -2.58. The van der Waals surface area contributed by atoms with Crippen molar-refractivity contribution >= 4 is 34.6 Å². The molecule has 3 atom stereocenters. The van der Waals surface area contributed by atoms with Crippen LogP contribution in [-0.2, 0) is 27.3 Å². The number of primary amides is 1. The molecule has 198 valence electrons. The van der Waals surface area contributed by atoms with Crippen LogP contribution in [0, 0.1) is 11.8 Å². The number of rotatable bonds is 5. The number of phenols is 1. The van der Waals surface area contributed by atoms with Gasteiger partial charge in [0.2, 0.25) is 5.78 Å². The van der Waals surface area contributed by atoms with E-state index in [1.807, 2.05) is 55.4 Å². The number of hydrogen-bond donors (Lipinski definition) is 6. The van der Waals surface area contributed by atoms with Gasteiger partial charge < -0.3 is 36.4 Å². The number of nitrogens with zero attached hydrogens (tertiary/aromatic N) is 1. The number of fused-ring (bicyclic) bond motifs is 3. The van der Waals surface area contributed by atoms with E-state index < -0.39 is 52.0 Å². The molecule has 0 bridgehead atoms. The van der Waals surface area contributed by atoms with Gasteiger partial charge in [-0.3, -0.25) is 14.4 Å². The first kappa shape index (κ1) is 25.3. The van der Waals surface area contributed by atoms with E-state index in [9.17, 15) is 34.8 Å². The van der Waals surface area contributed by atoms with E-state index in [1.54, 1.807) is 0 Å². The molecule has 0 radical (unpaired) electrons. The smallest absolute Gasteiger partial charge is 0.255 e. The number of carbonyl (C=O) groups excluding carboxylic acids is 3. The molecule has 0 spiro atoms. The summed E-state index contributed by atoms with van der Waals surface area (Å²) < 4.78 is 0. The molecule has 38 heavy (non-hydrogen) atoms. The van der Waals surface area contributed by atoms with Gasteiger partial charge in [0.15, 0.2) is 11.4 Å². The molecule has 10 nitrogen and oxygen atoms in total. The zero-order valence-electron chi connectivity index (χ0n) is 21.0. The minimum absolute atomic E-state index is 0.0770. The monoisotopic (exact) mass is 519 g/mol. The highest BCUT2D eigenvalue weighted by Gasteiger charge is 2.60. The standard InChI is InChI=1S/C28H29N3O7/c1-31(2)18-10-14(12-30-16-6-4-3-5-7-16)23(33)21-17(18)9-13-8-15-11-19(32)22(27(29)37)26(36)28(15,38)25(35)20(13)24(21)34/h3-7,10,13,15,30,33-34,36,38H,8-9,11-12H2,1-2H3,(H2,29,37). The number of anilines is 2. The van der Waals surface area contributed by atoms with Crippen LogP contribution in [0.4, 0.5) is 11.4 Å². The first-order valence-corrected chi connectivity index (χ1v) is 12.3. The molecule has 5 rings (SSSR count). The van der Waals surface area contributed by atoms with Gasteiger partial charge in [-0.15, -0.1) is 0 Å². The number of nitrogens with one attached hydrogen (secondary N) is 1. The number of benzene rings is 2. The van der Waals surface area contributed by atoms with Crippen LogP contribution < -0.4 is 16.0 Å². The number of ketones is 2. The number of carbonyl (C=O) groups is 3. The lowest BCUT2D eigenvalue weighted by atomic mass is 9.59. The summed E-state index contributed by atoms with van der Waals surface area (Å²) in [5.74, 6) is -6.37. The van der Waals surface area contributed by atoms with Gasteiger partial charge in [-0.1, -0.05) is 18.2 Å². The predicted molar refractivity (Wildman–Crippen MR) is 139 cm³/mol. The number of amides is 1. The van der Waals surface area contributed by atoms with Crippen molar-refractivity contribution in [1.82, 2.24) is 0 Å². The van der Waals surface area contributed by atoms with Crippen LogP contribution in [0.15, 0.2) is 53.3 Å². The van der Waals surface area contributed by atoms with Crippen molar-refractivity contribution in [1.29, 1.82) is 0 Å². The van der Waals surface area contributed by atoms with E-state index in [0.717, 1.165) is 11.4 Å². The van der Waals surface area contributed by atoms with E-state index >= 15 is 0 Å². The Morgan fingerprint density at radius 1 is 1.13 bits per heavy atom. The minimum Gasteiger partial charge on any atom is -0.508 e. The zero-order valence-corrected chi connectivity index (χ0v) is 21.0. The highest BCUT2D eigenvalue weighted by Crippen LogP contribution is 2.53. The molecule has 0 saturated heterocycles. The first-order chi connectivity index (χ1) is 18.0. The maximum absolute atomic E-state index is 13.7. The van der Waals surface area contributed by atoms with Gasteiger partial charge in [0, 0.05) is 55.5 Å². The maximum atomic E-state index is 13.7. The Balaban J connectivity index is 1.64. The number of Topliss-reactive ketones (excluding diaryl/α,β-unsaturated/α-hetero) is 2. The van der Waals surface area contributed by atoms with Crippen LogP contribution in [0.2, 0.25) is 0 Å². The Morgan fingerprint density at radius 3 is 2.45 bits per heavy atom. The van der Waals surface area contributed by atoms with Crippen molar-refractivity contribution in [2.75, 3.05) is 24.3 Å². The third-order valence-electron chi connectivity index (χ3n) is 7.86. The van der Waals surface area contributed by atoms with E-state index in [2.05, 4.69) is 5.32 Å². The SMILES string of the molecule is CN(C)c1cc(CNc2ccccc2)c(O)c2c1CC1CC3CC(=O)C(C(N)=O)=C(O)C3(O)C(=O)C1=C2O. The van der Waals surface area contributed by atoms with Crippen molar-refractivity contribution in [2.24, 2.45) is 17.6 Å². The summed E-state index contributed by atoms with van der Waals surface area (Å²) in [6.07, 6.45) is -0.00638. The van der Waals surface area contributed by atoms with Crippen molar-refractivity contribution in [3.8, 4) is 5.75 Å². The normalized spacial score (nSPS) is 24.5. The van der Waals surface area contributed by atoms with Gasteiger partial charge in [0.25, 0.3) is 5.91 Å². The summed E-state index contributed by atoms with van der Waals surface area (Å²) in [6.45, 7) is 0.226. The molecule has 0 aromatic heterocycles. The number of hydrogen-bond acceptors (Lipinski definition) is 9. The topological polar surface area (TPSA) is 173 Å². The fourth-order valence-corrected chi connectivity index (χ4v) is 6.01. The molecule has 0 heterocycles. The Hall–Kier alpha value is -4.31. The van der Waals surface area contributed by atoms with Gasteiger partial charge in [-0.25, -0.2) is 0 Å². The second-order valence-electron chi connectivity index (χ2n) is 10.3. The lowest BCUT2D eigenvalue weighted by Gasteiger charge is -2.46. The Bertz CT molecular complexity index is 1440. The molecule has 2 aromatic rings. The molecule has 7 N–H and O–H groups in total. The van der Waals surface area contributed by atoms with Gasteiger partial charge >= 0.3 is 0 Å². The van der Waals surface area contributed by atoms with E-state index in [0.29, 0.717) is 11.1 Å². The number of para-hydroxylation sites is 1. The van der Waals surface area contributed by atoms with Crippen molar-refractivity contribution in [3.05, 3.63) is 70.0 Å². The van der Waals surface area contributed by atoms with E-state index in [-0.39, 0.29) is 42.7 Å². The molecule has 3 unspecified atom stereocenters. The molecular formula is C28H29N3O7. The average molecular weight is 520 g/mol. The second-order valence-corrected chi connectivity index (χ2v) is 10.3. The first-order valence-electron chi connectivity index (χ1n) is 12.3. The maximum Gasteiger partial charge on any atom is 0.255 e. The van der Waals surface area contributed by atoms with Gasteiger partial charge in [0.05, 0.1) is 5.56 Å². The van der Waals surface area contributed by atoms with Gasteiger partial charge in [0.1, 0.15) is 22.8 Å². The van der Waals surface area contributed by atoms with Crippen molar-refractivity contribution in [2.45, 2.75) is 31.4 Å². The summed E-state index contributed by atoms with van der Waals surface area (Å²) in [5.41, 5.74) is 4.44. The number of aliphatic hydroxyl groups is 3.